The van der Waals surface area contributed by atoms with Gasteiger partial charge in [-0.3, -0.25) is 19.3 Å². The minimum Gasteiger partial charge on any atom is -0.353 e. The van der Waals surface area contributed by atoms with Crippen LogP contribution < -0.4 is 11.1 Å². The zero-order valence-electron chi connectivity index (χ0n) is 12.6. The molecule has 0 spiro atoms. The molecule has 0 aromatic heterocycles. The van der Waals surface area contributed by atoms with Crippen molar-refractivity contribution in [2.45, 2.75) is 44.6 Å². The standard InChI is InChI=1S/C15H23N3O3.ClH/c16-12(9-5-6-9)7-17-13(19)8-18-14(20)10-3-1-2-4-11(10)15(18)21;/h9-12H,1-8,16H2,(H,17,19);1H. The Balaban J connectivity index is 0.00000176. The molecule has 0 radical (unpaired) electrons. The van der Waals surface area contributed by atoms with E-state index in [2.05, 4.69) is 5.32 Å². The number of likely N-dealkylation sites (tertiary alicyclic amines) is 1. The molecule has 3 fully saturated rings. The van der Waals surface area contributed by atoms with E-state index in [0.29, 0.717) is 12.5 Å². The monoisotopic (exact) mass is 329 g/mol. The first-order valence-corrected chi connectivity index (χ1v) is 7.95. The van der Waals surface area contributed by atoms with Crippen LogP contribution in [0.2, 0.25) is 0 Å². The molecule has 2 aliphatic carbocycles. The van der Waals surface area contributed by atoms with Crippen molar-refractivity contribution in [1.29, 1.82) is 0 Å². The van der Waals surface area contributed by atoms with Crippen LogP contribution in [0, 0.1) is 17.8 Å². The van der Waals surface area contributed by atoms with Gasteiger partial charge in [0.15, 0.2) is 0 Å². The van der Waals surface area contributed by atoms with Gasteiger partial charge in [0.05, 0.1) is 11.8 Å². The molecule has 0 aromatic rings. The molecule has 3 N–H and O–H groups in total. The summed E-state index contributed by atoms with van der Waals surface area (Å²) < 4.78 is 0. The van der Waals surface area contributed by atoms with Crippen LogP contribution >= 0.6 is 12.4 Å². The first-order chi connectivity index (χ1) is 10.1. The van der Waals surface area contributed by atoms with Crippen LogP contribution in [0.4, 0.5) is 0 Å². The third-order valence-electron chi connectivity index (χ3n) is 5.00. The number of nitrogens with two attached hydrogens (primary N) is 1. The summed E-state index contributed by atoms with van der Waals surface area (Å²) in [5, 5.41) is 2.74. The SMILES string of the molecule is Cl.NC(CNC(=O)CN1C(=O)C2CCCCC2C1=O)C1CC1. The lowest BCUT2D eigenvalue weighted by Gasteiger charge is -2.19. The molecule has 3 amide bonds. The largest absolute Gasteiger partial charge is 0.353 e. The molecule has 3 unspecified atom stereocenters. The molecule has 3 atom stereocenters. The third kappa shape index (κ3) is 3.43. The fraction of sp³-hybridized carbons (Fsp3) is 0.800. The van der Waals surface area contributed by atoms with Crippen LogP contribution in [-0.4, -0.2) is 41.8 Å². The number of hydrogen-bond donors (Lipinski definition) is 2. The van der Waals surface area contributed by atoms with E-state index in [1.165, 1.54) is 0 Å². The summed E-state index contributed by atoms with van der Waals surface area (Å²) in [6, 6.07) is -0.0125. The molecule has 1 saturated heterocycles. The second-order valence-corrected chi connectivity index (χ2v) is 6.57. The van der Waals surface area contributed by atoms with Crippen molar-refractivity contribution in [3.63, 3.8) is 0 Å². The molecular formula is C15H24ClN3O3. The molecule has 3 aliphatic rings. The van der Waals surface area contributed by atoms with Crippen molar-refractivity contribution in [2.75, 3.05) is 13.1 Å². The van der Waals surface area contributed by atoms with Crippen molar-refractivity contribution in [3.8, 4) is 0 Å². The summed E-state index contributed by atoms with van der Waals surface area (Å²) in [6.07, 6.45) is 5.81. The summed E-state index contributed by atoms with van der Waals surface area (Å²) in [6.45, 7) is 0.272. The van der Waals surface area contributed by atoms with Gasteiger partial charge in [-0.2, -0.15) is 0 Å². The number of halogens is 1. The van der Waals surface area contributed by atoms with E-state index in [-0.39, 0.29) is 54.6 Å². The number of rotatable bonds is 5. The first-order valence-electron chi connectivity index (χ1n) is 7.95. The highest BCUT2D eigenvalue weighted by Crippen LogP contribution is 2.37. The van der Waals surface area contributed by atoms with Gasteiger partial charge in [0.25, 0.3) is 0 Å². The fourth-order valence-electron chi connectivity index (χ4n) is 3.51. The Morgan fingerprint density at radius 1 is 1.14 bits per heavy atom. The summed E-state index contributed by atoms with van der Waals surface area (Å²) in [5.41, 5.74) is 5.92. The Hall–Kier alpha value is -1.14. The Morgan fingerprint density at radius 2 is 1.68 bits per heavy atom. The van der Waals surface area contributed by atoms with Crippen LogP contribution in [0.15, 0.2) is 0 Å². The van der Waals surface area contributed by atoms with Crippen LogP contribution in [0.5, 0.6) is 0 Å². The Bertz CT molecular complexity index is 443. The highest BCUT2D eigenvalue weighted by Gasteiger charge is 2.48. The number of hydrogen-bond acceptors (Lipinski definition) is 4. The van der Waals surface area contributed by atoms with Gasteiger partial charge >= 0.3 is 0 Å². The average Bonchev–Trinajstić information content (AvgIpc) is 3.30. The van der Waals surface area contributed by atoms with Gasteiger partial charge in [0.2, 0.25) is 17.7 Å². The Labute approximate surface area is 136 Å². The summed E-state index contributed by atoms with van der Waals surface area (Å²) in [4.78, 5) is 37.6. The van der Waals surface area contributed by atoms with Crippen molar-refractivity contribution in [2.24, 2.45) is 23.5 Å². The highest BCUT2D eigenvalue weighted by atomic mass is 35.5. The summed E-state index contributed by atoms with van der Waals surface area (Å²) >= 11 is 0. The lowest BCUT2D eigenvalue weighted by molar-refractivity contribution is -0.143. The molecule has 0 aromatic carbocycles. The second kappa shape index (κ2) is 6.96. The number of nitrogens with zero attached hydrogens (tertiary/aromatic N) is 1. The maximum Gasteiger partial charge on any atom is 0.240 e. The van der Waals surface area contributed by atoms with E-state index < -0.39 is 0 Å². The molecule has 3 rings (SSSR count). The lowest BCUT2D eigenvalue weighted by atomic mass is 9.81. The van der Waals surface area contributed by atoms with Crippen LogP contribution in [0.25, 0.3) is 0 Å². The topological polar surface area (TPSA) is 92.5 Å². The van der Waals surface area contributed by atoms with Crippen LogP contribution in [0.1, 0.15) is 38.5 Å². The zero-order valence-corrected chi connectivity index (χ0v) is 13.4. The van der Waals surface area contributed by atoms with E-state index in [1.807, 2.05) is 0 Å². The van der Waals surface area contributed by atoms with Crippen molar-refractivity contribution >= 4 is 30.1 Å². The number of imide groups is 1. The van der Waals surface area contributed by atoms with Gasteiger partial charge in [0, 0.05) is 12.6 Å². The maximum absolute atomic E-state index is 12.2. The van der Waals surface area contributed by atoms with Crippen LogP contribution in [-0.2, 0) is 14.4 Å². The minimum atomic E-state index is -0.286. The van der Waals surface area contributed by atoms with Crippen molar-refractivity contribution < 1.29 is 14.4 Å². The van der Waals surface area contributed by atoms with Gasteiger partial charge in [-0.25, -0.2) is 0 Å². The summed E-state index contributed by atoms with van der Waals surface area (Å²) in [7, 11) is 0. The van der Waals surface area contributed by atoms with Crippen molar-refractivity contribution in [1.82, 2.24) is 10.2 Å². The van der Waals surface area contributed by atoms with Gasteiger partial charge in [0.1, 0.15) is 6.54 Å². The molecule has 22 heavy (non-hydrogen) atoms. The quantitative estimate of drug-likeness (QED) is 0.716. The minimum absolute atomic E-state index is 0. The highest BCUT2D eigenvalue weighted by molar-refractivity contribution is 6.07. The van der Waals surface area contributed by atoms with E-state index >= 15 is 0 Å². The number of fused-ring (bicyclic) bond motifs is 1. The lowest BCUT2D eigenvalue weighted by Crippen LogP contribution is -2.45. The van der Waals surface area contributed by atoms with E-state index in [4.69, 9.17) is 5.73 Å². The van der Waals surface area contributed by atoms with Gasteiger partial charge in [-0.15, -0.1) is 12.4 Å². The molecule has 2 saturated carbocycles. The van der Waals surface area contributed by atoms with E-state index in [9.17, 15) is 14.4 Å². The Morgan fingerprint density at radius 3 is 2.18 bits per heavy atom. The number of nitrogens with one attached hydrogen (secondary N) is 1. The second-order valence-electron chi connectivity index (χ2n) is 6.57. The molecule has 0 bridgehead atoms. The molecule has 1 heterocycles. The zero-order chi connectivity index (χ0) is 15.0. The Kier molecular flexibility index (Phi) is 5.45. The smallest absolute Gasteiger partial charge is 0.240 e. The number of carbonyl (C=O) groups is 3. The normalized spacial score (nSPS) is 28.9. The molecular weight excluding hydrogens is 306 g/mol. The average molecular weight is 330 g/mol. The predicted molar refractivity (Wildman–Crippen MR) is 83.1 cm³/mol. The fourth-order valence-corrected chi connectivity index (χ4v) is 3.51. The van der Waals surface area contributed by atoms with Crippen LogP contribution in [0.3, 0.4) is 0 Å². The molecule has 1 aliphatic heterocycles. The molecule has 6 nitrogen and oxygen atoms in total. The molecule has 124 valence electrons. The van der Waals surface area contributed by atoms with E-state index in [1.54, 1.807) is 0 Å². The predicted octanol–water partition coefficient (Wildman–Crippen LogP) is 0.437. The number of carbonyl (C=O) groups excluding carboxylic acids is 3. The van der Waals surface area contributed by atoms with Gasteiger partial charge in [-0.05, 0) is 31.6 Å². The summed E-state index contributed by atoms with van der Waals surface area (Å²) in [5.74, 6) is -0.465. The van der Waals surface area contributed by atoms with Crippen molar-refractivity contribution in [3.05, 3.63) is 0 Å². The maximum atomic E-state index is 12.2. The molecule has 7 heteroatoms. The van der Waals surface area contributed by atoms with Gasteiger partial charge in [-0.1, -0.05) is 12.8 Å². The first kappa shape index (κ1) is 17.2. The number of amides is 3. The van der Waals surface area contributed by atoms with E-state index in [0.717, 1.165) is 43.4 Å². The third-order valence-corrected chi connectivity index (χ3v) is 5.00. The van der Waals surface area contributed by atoms with Gasteiger partial charge < -0.3 is 11.1 Å².